The van der Waals surface area contributed by atoms with Crippen LogP contribution in [0.2, 0.25) is 0 Å². The lowest BCUT2D eigenvalue weighted by Crippen LogP contribution is -2.44. The van der Waals surface area contributed by atoms with E-state index in [-0.39, 0.29) is 35.7 Å². The van der Waals surface area contributed by atoms with Gasteiger partial charge in [0, 0.05) is 31.4 Å². The molecule has 5 nitrogen and oxygen atoms in total. The molecule has 0 saturated carbocycles. The van der Waals surface area contributed by atoms with Crippen molar-refractivity contribution in [2.75, 3.05) is 24.5 Å². The van der Waals surface area contributed by atoms with E-state index in [0.29, 0.717) is 25.6 Å². The standard InChI is InChI=1S/C20H25F2N5.HI/c1-3-23-20(24-12-15-7-4-6-14(2)25-15)26-16-10-11-27(13-16)19-17(21)8-5-9-18(19)22;/h4-9,16H,3,10-13H2,1-2H3,(H2,23,24,26);1H. The van der Waals surface area contributed by atoms with Gasteiger partial charge in [-0.3, -0.25) is 4.98 Å². The zero-order valence-electron chi connectivity index (χ0n) is 16.1. The normalized spacial score (nSPS) is 16.6. The summed E-state index contributed by atoms with van der Waals surface area (Å²) in [6.45, 7) is 6.25. The van der Waals surface area contributed by atoms with Gasteiger partial charge in [-0.15, -0.1) is 24.0 Å². The molecule has 1 aliphatic rings. The molecule has 0 bridgehead atoms. The Kier molecular flexibility index (Phi) is 8.40. The van der Waals surface area contributed by atoms with Gasteiger partial charge < -0.3 is 15.5 Å². The SMILES string of the molecule is CCNC(=NCc1cccc(C)n1)NC1CCN(c2c(F)cccc2F)C1.I. The molecule has 1 fully saturated rings. The minimum Gasteiger partial charge on any atom is -0.365 e. The molecule has 0 radical (unpaired) electrons. The van der Waals surface area contributed by atoms with Crippen LogP contribution in [0.3, 0.4) is 0 Å². The van der Waals surface area contributed by atoms with Crippen LogP contribution < -0.4 is 15.5 Å². The first kappa shape index (κ1) is 22.3. The zero-order chi connectivity index (χ0) is 19.2. The Morgan fingerprint density at radius 2 is 1.93 bits per heavy atom. The molecule has 1 aromatic heterocycles. The number of nitrogens with zero attached hydrogens (tertiary/aromatic N) is 3. The summed E-state index contributed by atoms with van der Waals surface area (Å²) >= 11 is 0. The van der Waals surface area contributed by atoms with Crippen molar-refractivity contribution in [2.24, 2.45) is 4.99 Å². The van der Waals surface area contributed by atoms with Gasteiger partial charge in [-0.1, -0.05) is 12.1 Å². The Bertz CT molecular complexity index is 795. The monoisotopic (exact) mass is 501 g/mol. The van der Waals surface area contributed by atoms with Crippen molar-refractivity contribution < 1.29 is 8.78 Å². The van der Waals surface area contributed by atoms with Crippen molar-refractivity contribution in [1.82, 2.24) is 15.6 Å². The summed E-state index contributed by atoms with van der Waals surface area (Å²) in [7, 11) is 0. The number of aryl methyl sites for hydroxylation is 1. The van der Waals surface area contributed by atoms with Gasteiger partial charge >= 0.3 is 0 Å². The summed E-state index contributed by atoms with van der Waals surface area (Å²) in [6, 6.07) is 9.89. The van der Waals surface area contributed by atoms with Crippen molar-refractivity contribution in [3.8, 4) is 0 Å². The summed E-state index contributed by atoms with van der Waals surface area (Å²) in [5, 5.41) is 6.58. The van der Waals surface area contributed by atoms with Gasteiger partial charge in [-0.2, -0.15) is 0 Å². The molecule has 1 aromatic carbocycles. The van der Waals surface area contributed by atoms with E-state index in [0.717, 1.165) is 24.4 Å². The molecule has 0 amide bonds. The van der Waals surface area contributed by atoms with Crippen molar-refractivity contribution in [3.63, 3.8) is 0 Å². The highest BCUT2D eigenvalue weighted by molar-refractivity contribution is 14.0. The van der Waals surface area contributed by atoms with E-state index in [1.165, 1.54) is 18.2 Å². The van der Waals surface area contributed by atoms with Crippen LogP contribution in [0.1, 0.15) is 24.7 Å². The number of rotatable bonds is 5. The number of para-hydroxylation sites is 1. The molecule has 1 unspecified atom stereocenters. The molecule has 0 aliphatic carbocycles. The number of benzene rings is 1. The fourth-order valence-corrected chi connectivity index (χ4v) is 3.23. The topological polar surface area (TPSA) is 52.6 Å². The van der Waals surface area contributed by atoms with Crippen LogP contribution in [0, 0.1) is 18.6 Å². The van der Waals surface area contributed by atoms with Crippen molar-refractivity contribution >= 4 is 35.6 Å². The van der Waals surface area contributed by atoms with E-state index in [9.17, 15) is 8.78 Å². The molecule has 0 spiro atoms. The average molecular weight is 501 g/mol. The lowest BCUT2D eigenvalue weighted by atomic mass is 10.2. The molecule has 2 aromatic rings. The number of hydrogen-bond acceptors (Lipinski definition) is 3. The molecule has 28 heavy (non-hydrogen) atoms. The van der Waals surface area contributed by atoms with E-state index < -0.39 is 11.6 Å². The highest BCUT2D eigenvalue weighted by atomic mass is 127. The number of anilines is 1. The van der Waals surface area contributed by atoms with Gasteiger partial charge in [-0.05, 0) is 44.5 Å². The molecule has 152 valence electrons. The lowest BCUT2D eigenvalue weighted by Gasteiger charge is -2.21. The van der Waals surface area contributed by atoms with E-state index in [1.54, 1.807) is 4.90 Å². The van der Waals surface area contributed by atoms with Gasteiger partial charge in [0.15, 0.2) is 5.96 Å². The van der Waals surface area contributed by atoms with Crippen LogP contribution >= 0.6 is 24.0 Å². The second-order valence-electron chi connectivity index (χ2n) is 6.61. The summed E-state index contributed by atoms with van der Waals surface area (Å²) in [5.41, 5.74) is 1.90. The van der Waals surface area contributed by atoms with Crippen molar-refractivity contribution in [1.29, 1.82) is 0 Å². The summed E-state index contributed by atoms with van der Waals surface area (Å²) in [6.07, 6.45) is 0.779. The van der Waals surface area contributed by atoms with E-state index >= 15 is 0 Å². The number of hydrogen-bond donors (Lipinski definition) is 2. The maximum absolute atomic E-state index is 14.0. The number of aromatic nitrogens is 1. The van der Waals surface area contributed by atoms with Gasteiger partial charge in [-0.25, -0.2) is 13.8 Å². The first-order valence-electron chi connectivity index (χ1n) is 9.23. The molecular weight excluding hydrogens is 475 g/mol. The number of pyridine rings is 1. The number of halogens is 3. The molecule has 3 rings (SSSR count). The largest absolute Gasteiger partial charge is 0.365 e. The van der Waals surface area contributed by atoms with Gasteiger partial charge in [0.2, 0.25) is 0 Å². The highest BCUT2D eigenvalue weighted by Gasteiger charge is 2.27. The molecule has 1 atom stereocenters. The molecule has 1 aliphatic heterocycles. The van der Waals surface area contributed by atoms with Crippen molar-refractivity contribution in [2.45, 2.75) is 32.9 Å². The van der Waals surface area contributed by atoms with Gasteiger partial charge in [0.25, 0.3) is 0 Å². The maximum atomic E-state index is 14.0. The summed E-state index contributed by atoms with van der Waals surface area (Å²) in [4.78, 5) is 10.8. The Labute approximate surface area is 181 Å². The lowest BCUT2D eigenvalue weighted by molar-refractivity contribution is 0.576. The van der Waals surface area contributed by atoms with Crippen LogP contribution in [0.5, 0.6) is 0 Å². The van der Waals surface area contributed by atoms with Crippen LogP contribution in [0.25, 0.3) is 0 Å². The second-order valence-corrected chi connectivity index (χ2v) is 6.61. The minimum absolute atomic E-state index is 0. The van der Waals surface area contributed by atoms with Gasteiger partial charge in [0.05, 0.1) is 12.2 Å². The zero-order valence-corrected chi connectivity index (χ0v) is 18.4. The first-order chi connectivity index (χ1) is 13.1. The van der Waals surface area contributed by atoms with Crippen LogP contribution in [-0.4, -0.2) is 36.6 Å². The Hall–Kier alpha value is -1.97. The fraction of sp³-hybridized carbons (Fsp3) is 0.400. The molecular formula is C20H26F2IN5. The van der Waals surface area contributed by atoms with Crippen LogP contribution in [0.4, 0.5) is 14.5 Å². The quantitative estimate of drug-likeness (QED) is 0.374. The Balaban J connectivity index is 0.00000280. The predicted molar refractivity (Wildman–Crippen MR) is 119 cm³/mol. The molecule has 8 heteroatoms. The Morgan fingerprint density at radius 3 is 2.61 bits per heavy atom. The van der Waals surface area contributed by atoms with Crippen LogP contribution in [-0.2, 0) is 6.54 Å². The number of nitrogens with one attached hydrogen (secondary N) is 2. The minimum atomic E-state index is -0.526. The molecule has 1 saturated heterocycles. The number of aliphatic imine (C=N–C) groups is 1. The third-order valence-corrected chi connectivity index (χ3v) is 4.47. The third-order valence-electron chi connectivity index (χ3n) is 4.47. The number of guanidine groups is 1. The maximum Gasteiger partial charge on any atom is 0.191 e. The van der Waals surface area contributed by atoms with E-state index in [4.69, 9.17) is 0 Å². The van der Waals surface area contributed by atoms with Crippen molar-refractivity contribution in [3.05, 3.63) is 59.4 Å². The van der Waals surface area contributed by atoms with Gasteiger partial charge in [0.1, 0.15) is 17.3 Å². The predicted octanol–water partition coefficient (Wildman–Crippen LogP) is 3.62. The summed E-state index contributed by atoms with van der Waals surface area (Å²) < 4.78 is 28.0. The summed E-state index contributed by atoms with van der Waals surface area (Å²) in [5.74, 6) is -0.370. The second kappa shape index (κ2) is 10.5. The van der Waals surface area contributed by atoms with Crippen LogP contribution in [0.15, 0.2) is 41.4 Å². The molecule has 2 heterocycles. The van der Waals surface area contributed by atoms with E-state index in [1.807, 2.05) is 32.0 Å². The Morgan fingerprint density at radius 1 is 1.21 bits per heavy atom. The van der Waals surface area contributed by atoms with E-state index in [2.05, 4.69) is 20.6 Å². The third kappa shape index (κ3) is 5.76. The highest BCUT2D eigenvalue weighted by Crippen LogP contribution is 2.26. The average Bonchev–Trinajstić information content (AvgIpc) is 3.08. The fourth-order valence-electron chi connectivity index (χ4n) is 3.23. The smallest absolute Gasteiger partial charge is 0.191 e. The first-order valence-corrected chi connectivity index (χ1v) is 9.23. The molecule has 2 N–H and O–H groups in total.